The first kappa shape index (κ1) is 20.4. The lowest BCUT2D eigenvalue weighted by molar-refractivity contribution is -0.123. The summed E-state index contributed by atoms with van der Waals surface area (Å²) in [5.41, 5.74) is 0.292. The standard InChI is InChI=1S/C15H23ClN2O5S/c1-10(2)15(19)17-6-7-18(24(5,20)21)12-9-13(22-3)11(16)8-14(12)23-4/h8-10H,6-7H2,1-5H3,(H,17,19). The summed E-state index contributed by atoms with van der Waals surface area (Å²) in [4.78, 5) is 11.6. The van der Waals surface area contributed by atoms with E-state index in [0.29, 0.717) is 22.2 Å². The van der Waals surface area contributed by atoms with Crippen molar-refractivity contribution in [2.75, 3.05) is 37.9 Å². The maximum atomic E-state index is 12.2. The van der Waals surface area contributed by atoms with Gasteiger partial charge < -0.3 is 14.8 Å². The highest BCUT2D eigenvalue weighted by Gasteiger charge is 2.23. The van der Waals surface area contributed by atoms with E-state index in [1.54, 1.807) is 13.8 Å². The molecule has 7 nitrogen and oxygen atoms in total. The van der Waals surface area contributed by atoms with Gasteiger partial charge in [0.05, 0.1) is 37.7 Å². The van der Waals surface area contributed by atoms with Gasteiger partial charge in [0.1, 0.15) is 11.5 Å². The first-order valence-electron chi connectivity index (χ1n) is 7.28. The van der Waals surface area contributed by atoms with Gasteiger partial charge in [0.25, 0.3) is 0 Å². The molecule has 0 unspecified atom stereocenters. The van der Waals surface area contributed by atoms with E-state index in [1.807, 2.05) is 0 Å². The summed E-state index contributed by atoms with van der Waals surface area (Å²) in [6.07, 6.45) is 1.08. The Balaban J connectivity index is 3.16. The number of rotatable bonds is 8. The van der Waals surface area contributed by atoms with Gasteiger partial charge in [-0.15, -0.1) is 0 Å². The van der Waals surface area contributed by atoms with Gasteiger partial charge in [0.15, 0.2) is 0 Å². The van der Waals surface area contributed by atoms with Crippen LogP contribution in [0.3, 0.4) is 0 Å². The zero-order chi connectivity index (χ0) is 18.5. The Morgan fingerprint density at radius 3 is 2.29 bits per heavy atom. The summed E-state index contributed by atoms with van der Waals surface area (Å²) < 4.78 is 35.9. The molecule has 0 radical (unpaired) electrons. The molecule has 1 N–H and O–H groups in total. The highest BCUT2D eigenvalue weighted by Crippen LogP contribution is 2.38. The average Bonchev–Trinajstić information content (AvgIpc) is 2.50. The van der Waals surface area contributed by atoms with Crippen LogP contribution in [-0.2, 0) is 14.8 Å². The number of hydrogen-bond donors (Lipinski definition) is 1. The van der Waals surface area contributed by atoms with E-state index >= 15 is 0 Å². The third kappa shape index (κ3) is 5.17. The third-order valence-electron chi connectivity index (χ3n) is 3.26. The molecule has 1 rings (SSSR count). The lowest BCUT2D eigenvalue weighted by Gasteiger charge is -2.25. The van der Waals surface area contributed by atoms with Crippen molar-refractivity contribution in [1.29, 1.82) is 0 Å². The zero-order valence-electron chi connectivity index (χ0n) is 14.4. The van der Waals surface area contributed by atoms with Crippen LogP contribution in [0.1, 0.15) is 13.8 Å². The second-order valence-corrected chi connectivity index (χ2v) is 7.75. The van der Waals surface area contributed by atoms with E-state index in [9.17, 15) is 13.2 Å². The maximum Gasteiger partial charge on any atom is 0.232 e. The number of carbonyl (C=O) groups is 1. The molecule has 0 aromatic heterocycles. The summed E-state index contributed by atoms with van der Waals surface area (Å²) in [7, 11) is -0.748. The molecule has 1 aromatic rings. The van der Waals surface area contributed by atoms with Gasteiger partial charge in [-0.3, -0.25) is 9.10 Å². The smallest absolute Gasteiger partial charge is 0.232 e. The SMILES string of the molecule is COc1cc(N(CCNC(=O)C(C)C)S(C)(=O)=O)c(OC)cc1Cl. The molecule has 0 saturated heterocycles. The molecule has 24 heavy (non-hydrogen) atoms. The van der Waals surface area contributed by atoms with E-state index < -0.39 is 10.0 Å². The second-order valence-electron chi connectivity index (χ2n) is 5.44. The molecule has 1 amide bonds. The van der Waals surface area contributed by atoms with Gasteiger partial charge in [-0.25, -0.2) is 8.42 Å². The molecule has 136 valence electrons. The molecule has 0 heterocycles. The minimum Gasteiger partial charge on any atom is -0.495 e. The van der Waals surface area contributed by atoms with Crippen molar-refractivity contribution in [2.45, 2.75) is 13.8 Å². The van der Waals surface area contributed by atoms with Crippen molar-refractivity contribution >= 4 is 33.2 Å². The average molecular weight is 379 g/mol. The van der Waals surface area contributed by atoms with E-state index in [0.717, 1.165) is 10.6 Å². The highest BCUT2D eigenvalue weighted by atomic mass is 35.5. The molecule has 0 bridgehead atoms. The van der Waals surface area contributed by atoms with Gasteiger partial charge in [-0.1, -0.05) is 25.4 Å². The zero-order valence-corrected chi connectivity index (χ0v) is 16.0. The second kappa shape index (κ2) is 8.43. The summed E-state index contributed by atoms with van der Waals surface area (Å²) >= 11 is 6.05. The van der Waals surface area contributed by atoms with Crippen molar-refractivity contribution in [1.82, 2.24) is 5.32 Å². The minimum atomic E-state index is -3.60. The quantitative estimate of drug-likeness (QED) is 0.746. The number of anilines is 1. The summed E-state index contributed by atoms with van der Waals surface area (Å²) in [6.45, 7) is 3.74. The Hall–Kier alpha value is -1.67. The van der Waals surface area contributed by atoms with Crippen LogP contribution in [0, 0.1) is 5.92 Å². The summed E-state index contributed by atoms with van der Waals surface area (Å²) in [5, 5.41) is 2.99. The Morgan fingerprint density at radius 2 is 1.83 bits per heavy atom. The van der Waals surface area contributed by atoms with Crippen LogP contribution < -0.4 is 19.1 Å². The molecule has 0 saturated carbocycles. The van der Waals surface area contributed by atoms with Crippen molar-refractivity contribution in [3.63, 3.8) is 0 Å². The topological polar surface area (TPSA) is 84.9 Å². The first-order valence-corrected chi connectivity index (χ1v) is 9.51. The number of amides is 1. The lowest BCUT2D eigenvalue weighted by atomic mass is 10.2. The van der Waals surface area contributed by atoms with Crippen molar-refractivity contribution in [3.8, 4) is 11.5 Å². The van der Waals surface area contributed by atoms with Crippen LogP contribution in [0.25, 0.3) is 0 Å². The summed E-state index contributed by atoms with van der Waals surface area (Å²) in [6, 6.07) is 2.98. The molecule has 0 aliphatic rings. The van der Waals surface area contributed by atoms with Crippen LogP contribution in [0.4, 0.5) is 5.69 Å². The van der Waals surface area contributed by atoms with Gasteiger partial charge in [-0.2, -0.15) is 0 Å². The largest absolute Gasteiger partial charge is 0.495 e. The minimum absolute atomic E-state index is 0.0540. The normalized spacial score (nSPS) is 11.3. The number of halogens is 1. The number of hydrogen-bond acceptors (Lipinski definition) is 5. The van der Waals surface area contributed by atoms with Crippen LogP contribution in [0.5, 0.6) is 11.5 Å². The molecule has 0 aliphatic heterocycles. The molecule has 0 fully saturated rings. The molecule has 1 aromatic carbocycles. The number of ether oxygens (including phenoxy) is 2. The Labute approximate surface area is 147 Å². The van der Waals surface area contributed by atoms with Crippen molar-refractivity contribution < 1.29 is 22.7 Å². The van der Waals surface area contributed by atoms with Crippen molar-refractivity contribution in [3.05, 3.63) is 17.2 Å². The molecule has 0 spiro atoms. The number of nitrogens with zero attached hydrogens (tertiary/aromatic N) is 1. The Kier molecular flexibility index (Phi) is 7.16. The first-order chi connectivity index (χ1) is 11.1. The number of carbonyl (C=O) groups excluding carboxylic acids is 1. The summed E-state index contributed by atoms with van der Waals surface area (Å²) in [5.74, 6) is 0.291. The Morgan fingerprint density at radius 1 is 1.25 bits per heavy atom. The number of nitrogens with one attached hydrogen (secondary N) is 1. The van der Waals surface area contributed by atoms with E-state index in [4.69, 9.17) is 21.1 Å². The van der Waals surface area contributed by atoms with Crippen LogP contribution in [0.2, 0.25) is 5.02 Å². The van der Waals surface area contributed by atoms with Gasteiger partial charge in [0.2, 0.25) is 15.9 Å². The molecular formula is C15H23ClN2O5S. The number of benzene rings is 1. The number of sulfonamides is 1. The van der Waals surface area contributed by atoms with Crippen LogP contribution in [-0.4, -0.2) is 47.9 Å². The fourth-order valence-electron chi connectivity index (χ4n) is 1.99. The maximum absolute atomic E-state index is 12.2. The predicted octanol–water partition coefficient (Wildman–Crippen LogP) is 1.90. The highest BCUT2D eigenvalue weighted by molar-refractivity contribution is 7.92. The Bertz CT molecular complexity index is 691. The van der Waals surface area contributed by atoms with E-state index in [2.05, 4.69) is 5.32 Å². The van der Waals surface area contributed by atoms with Crippen LogP contribution in [0.15, 0.2) is 12.1 Å². The van der Waals surface area contributed by atoms with Crippen molar-refractivity contribution in [2.24, 2.45) is 5.92 Å². The van der Waals surface area contributed by atoms with Gasteiger partial charge in [0, 0.05) is 24.6 Å². The van der Waals surface area contributed by atoms with E-state index in [1.165, 1.54) is 26.4 Å². The van der Waals surface area contributed by atoms with E-state index in [-0.39, 0.29) is 24.9 Å². The molecule has 0 atom stereocenters. The fourth-order valence-corrected chi connectivity index (χ4v) is 3.14. The fraction of sp³-hybridized carbons (Fsp3) is 0.533. The molecule has 0 aliphatic carbocycles. The number of methoxy groups -OCH3 is 2. The monoisotopic (exact) mass is 378 g/mol. The van der Waals surface area contributed by atoms with Gasteiger partial charge in [-0.05, 0) is 0 Å². The molecular weight excluding hydrogens is 356 g/mol. The molecule has 9 heteroatoms. The third-order valence-corrected chi connectivity index (χ3v) is 4.74. The van der Waals surface area contributed by atoms with Gasteiger partial charge >= 0.3 is 0 Å². The lowest BCUT2D eigenvalue weighted by Crippen LogP contribution is -2.39. The van der Waals surface area contributed by atoms with Crippen LogP contribution >= 0.6 is 11.6 Å². The predicted molar refractivity (Wildman–Crippen MR) is 94.6 cm³/mol.